The molecule has 5 nitrogen and oxygen atoms in total. The Kier molecular flexibility index (Phi) is 1.95. The SMILES string of the molecule is CC1=C(C(=O)O)CN=C1C(=O)O. The molecule has 1 rings (SSSR count). The van der Waals surface area contributed by atoms with Gasteiger partial charge in [-0.1, -0.05) is 0 Å². The highest BCUT2D eigenvalue weighted by molar-refractivity contribution is 6.44. The minimum atomic E-state index is -1.18. The van der Waals surface area contributed by atoms with Crippen molar-refractivity contribution in [2.24, 2.45) is 4.99 Å². The molecule has 1 aliphatic heterocycles. The van der Waals surface area contributed by atoms with Crippen LogP contribution in [0.15, 0.2) is 16.1 Å². The zero-order valence-corrected chi connectivity index (χ0v) is 6.37. The van der Waals surface area contributed by atoms with Crippen LogP contribution in [0.25, 0.3) is 0 Å². The van der Waals surface area contributed by atoms with Gasteiger partial charge < -0.3 is 10.2 Å². The molecule has 12 heavy (non-hydrogen) atoms. The van der Waals surface area contributed by atoms with Gasteiger partial charge in [0.05, 0.1) is 12.1 Å². The van der Waals surface area contributed by atoms with Crippen LogP contribution in [0.4, 0.5) is 0 Å². The Morgan fingerprint density at radius 3 is 2.17 bits per heavy atom. The van der Waals surface area contributed by atoms with Crippen LogP contribution in [0.5, 0.6) is 0 Å². The Labute approximate surface area is 68.0 Å². The van der Waals surface area contributed by atoms with Gasteiger partial charge in [0.25, 0.3) is 0 Å². The topological polar surface area (TPSA) is 87.0 Å². The van der Waals surface area contributed by atoms with Gasteiger partial charge in [-0.15, -0.1) is 0 Å². The summed E-state index contributed by atoms with van der Waals surface area (Å²) in [7, 11) is 0. The van der Waals surface area contributed by atoms with Crippen LogP contribution in [0.1, 0.15) is 6.92 Å². The van der Waals surface area contributed by atoms with E-state index in [2.05, 4.69) is 4.99 Å². The van der Waals surface area contributed by atoms with Crippen molar-refractivity contribution in [3.63, 3.8) is 0 Å². The van der Waals surface area contributed by atoms with Crippen LogP contribution < -0.4 is 0 Å². The minimum Gasteiger partial charge on any atom is -0.478 e. The number of hydrogen-bond acceptors (Lipinski definition) is 3. The first-order chi connectivity index (χ1) is 5.54. The molecule has 2 N–H and O–H groups in total. The number of carboxylic acid groups (broad SMARTS) is 2. The fourth-order valence-corrected chi connectivity index (χ4v) is 0.994. The van der Waals surface area contributed by atoms with Crippen molar-refractivity contribution in [1.29, 1.82) is 0 Å². The molecular weight excluding hydrogens is 162 g/mol. The molecule has 0 radical (unpaired) electrons. The first-order valence-electron chi connectivity index (χ1n) is 3.25. The zero-order chi connectivity index (χ0) is 9.30. The third-order valence-electron chi connectivity index (χ3n) is 1.66. The second-order valence-corrected chi connectivity index (χ2v) is 2.38. The van der Waals surface area contributed by atoms with Gasteiger partial charge in [-0.2, -0.15) is 0 Å². The van der Waals surface area contributed by atoms with E-state index in [-0.39, 0.29) is 23.4 Å². The molecule has 0 aromatic rings. The van der Waals surface area contributed by atoms with E-state index in [0.29, 0.717) is 0 Å². The standard InChI is InChI=1S/C7H7NO4/c1-3-4(6(9)10)2-8-5(3)7(11)12/h2H2,1H3,(H,9,10)(H,11,12). The second kappa shape index (κ2) is 2.77. The quantitative estimate of drug-likeness (QED) is 0.605. The molecule has 0 aliphatic carbocycles. The van der Waals surface area contributed by atoms with E-state index in [1.807, 2.05) is 0 Å². The maximum absolute atomic E-state index is 10.5. The lowest BCUT2D eigenvalue weighted by Crippen LogP contribution is -2.13. The summed E-state index contributed by atoms with van der Waals surface area (Å²) < 4.78 is 0. The minimum absolute atomic E-state index is 0.0389. The Balaban J connectivity index is 3.01. The molecular formula is C7H7NO4. The molecule has 0 bridgehead atoms. The average Bonchev–Trinajstić information content (AvgIpc) is 2.30. The molecule has 5 heteroatoms. The van der Waals surface area contributed by atoms with Gasteiger partial charge in [-0.3, -0.25) is 4.99 Å². The molecule has 0 aromatic heterocycles. The lowest BCUT2D eigenvalue weighted by molar-refractivity contribution is -0.132. The number of rotatable bonds is 2. The summed E-state index contributed by atoms with van der Waals surface area (Å²) in [6.07, 6.45) is 0. The van der Waals surface area contributed by atoms with Crippen molar-refractivity contribution in [2.75, 3.05) is 6.54 Å². The smallest absolute Gasteiger partial charge is 0.354 e. The van der Waals surface area contributed by atoms with Gasteiger partial charge in [-0.05, 0) is 12.5 Å². The van der Waals surface area contributed by atoms with E-state index in [1.165, 1.54) is 6.92 Å². The maximum Gasteiger partial charge on any atom is 0.354 e. The highest BCUT2D eigenvalue weighted by atomic mass is 16.4. The predicted octanol–water partition coefficient (Wildman–Crippen LogP) is -0.0733. The van der Waals surface area contributed by atoms with Gasteiger partial charge >= 0.3 is 11.9 Å². The van der Waals surface area contributed by atoms with Gasteiger partial charge in [-0.25, -0.2) is 9.59 Å². The van der Waals surface area contributed by atoms with Gasteiger partial charge in [0.2, 0.25) is 0 Å². The Morgan fingerprint density at radius 2 is 1.92 bits per heavy atom. The average molecular weight is 169 g/mol. The Morgan fingerprint density at radius 1 is 1.33 bits per heavy atom. The largest absolute Gasteiger partial charge is 0.478 e. The van der Waals surface area contributed by atoms with E-state index >= 15 is 0 Å². The molecule has 0 fully saturated rings. The summed E-state index contributed by atoms with van der Waals surface area (Å²) in [5.41, 5.74) is 0.162. The van der Waals surface area contributed by atoms with Gasteiger partial charge in [0, 0.05) is 0 Å². The number of carbonyl (C=O) groups is 2. The van der Waals surface area contributed by atoms with Crippen molar-refractivity contribution >= 4 is 17.7 Å². The highest BCUT2D eigenvalue weighted by Crippen LogP contribution is 2.14. The van der Waals surface area contributed by atoms with E-state index in [0.717, 1.165) is 0 Å². The van der Waals surface area contributed by atoms with Crippen LogP contribution in [-0.2, 0) is 9.59 Å². The van der Waals surface area contributed by atoms with E-state index in [1.54, 1.807) is 0 Å². The van der Waals surface area contributed by atoms with Gasteiger partial charge in [0.1, 0.15) is 5.71 Å². The lowest BCUT2D eigenvalue weighted by Gasteiger charge is -1.95. The molecule has 0 saturated carbocycles. The van der Waals surface area contributed by atoms with Gasteiger partial charge in [0.15, 0.2) is 0 Å². The molecule has 0 amide bonds. The number of aliphatic carboxylic acids is 2. The van der Waals surface area contributed by atoms with Crippen LogP contribution in [0, 0.1) is 0 Å². The summed E-state index contributed by atoms with van der Waals surface area (Å²) in [4.78, 5) is 24.5. The Bertz CT molecular complexity index is 296. The molecule has 1 aliphatic rings. The summed E-state index contributed by atoms with van der Waals surface area (Å²) in [6.45, 7) is 1.41. The molecule has 0 saturated heterocycles. The van der Waals surface area contributed by atoms with Crippen LogP contribution in [-0.4, -0.2) is 34.4 Å². The highest BCUT2D eigenvalue weighted by Gasteiger charge is 2.24. The molecule has 64 valence electrons. The number of aliphatic imine (C=N–C) groups is 1. The van der Waals surface area contributed by atoms with Crippen LogP contribution in [0.2, 0.25) is 0 Å². The second-order valence-electron chi connectivity index (χ2n) is 2.38. The van der Waals surface area contributed by atoms with Crippen molar-refractivity contribution in [1.82, 2.24) is 0 Å². The number of hydrogen-bond donors (Lipinski definition) is 2. The normalized spacial score (nSPS) is 16.2. The molecule has 0 atom stereocenters. The molecule has 0 spiro atoms. The zero-order valence-electron chi connectivity index (χ0n) is 6.37. The first-order valence-corrected chi connectivity index (χ1v) is 3.25. The summed E-state index contributed by atoms with van der Waals surface area (Å²) in [6, 6.07) is 0. The van der Waals surface area contributed by atoms with Crippen LogP contribution in [0.3, 0.4) is 0 Å². The molecule has 0 aromatic carbocycles. The Hall–Kier alpha value is -1.65. The summed E-state index contributed by atoms with van der Waals surface area (Å²) in [5, 5.41) is 17.1. The van der Waals surface area contributed by atoms with Crippen LogP contribution >= 0.6 is 0 Å². The fraction of sp³-hybridized carbons (Fsp3) is 0.286. The van der Waals surface area contributed by atoms with E-state index < -0.39 is 11.9 Å². The number of carboxylic acids is 2. The first kappa shape index (κ1) is 8.45. The fourth-order valence-electron chi connectivity index (χ4n) is 0.994. The lowest BCUT2D eigenvalue weighted by atomic mass is 10.1. The summed E-state index contributed by atoms with van der Waals surface area (Å²) in [5.74, 6) is -2.28. The molecule has 0 unspecified atom stereocenters. The summed E-state index contributed by atoms with van der Waals surface area (Å²) >= 11 is 0. The van der Waals surface area contributed by atoms with Crippen molar-refractivity contribution in [2.45, 2.75) is 6.92 Å². The third kappa shape index (κ3) is 1.20. The van der Waals surface area contributed by atoms with E-state index in [9.17, 15) is 9.59 Å². The van der Waals surface area contributed by atoms with E-state index in [4.69, 9.17) is 10.2 Å². The predicted molar refractivity (Wildman–Crippen MR) is 40.3 cm³/mol. The number of nitrogens with zero attached hydrogens (tertiary/aromatic N) is 1. The monoisotopic (exact) mass is 169 g/mol. The van der Waals surface area contributed by atoms with Crippen molar-refractivity contribution < 1.29 is 19.8 Å². The third-order valence-corrected chi connectivity index (χ3v) is 1.66. The molecule has 1 heterocycles. The maximum atomic E-state index is 10.5. The van der Waals surface area contributed by atoms with Crippen molar-refractivity contribution in [3.8, 4) is 0 Å². The van der Waals surface area contributed by atoms with Crippen molar-refractivity contribution in [3.05, 3.63) is 11.1 Å².